The van der Waals surface area contributed by atoms with Crippen molar-refractivity contribution in [2.45, 2.75) is 246 Å². The summed E-state index contributed by atoms with van der Waals surface area (Å²) in [5.41, 5.74) is 10.8. The number of rotatable bonds is 50. The van der Waals surface area contributed by atoms with Crippen LogP contribution in [0.4, 0.5) is 0 Å². The van der Waals surface area contributed by atoms with Crippen LogP contribution < -0.4 is 43.4 Å². The predicted octanol–water partition coefficient (Wildman–Crippen LogP) is -2.09. The molecule has 10 N–H and O–H groups in total. The minimum atomic E-state index is -1.21. The van der Waals surface area contributed by atoms with Gasteiger partial charge in [-0.2, -0.15) is 0 Å². The Kier molecular flexibility index (Phi) is 53.1. The molecule has 4 unspecified atom stereocenters. The summed E-state index contributed by atoms with van der Waals surface area (Å²) in [6.07, 6.45) is 13.1. The van der Waals surface area contributed by atoms with Gasteiger partial charge in [-0.3, -0.25) is 115 Å². The van der Waals surface area contributed by atoms with E-state index in [1.807, 2.05) is 13.8 Å². The van der Waals surface area contributed by atoms with Gasteiger partial charge in [0.25, 0.3) is 70.9 Å². The van der Waals surface area contributed by atoms with Gasteiger partial charge in [0.1, 0.15) is 72.2 Å². The highest BCUT2D eigenvalue weighted by Gasteiger charge is 2.39. The molecule has 44 heteroatoms. The lowest BCUT2D eigenvalue weighted by Crippen LogP contribution is -2.41. The summed E-state index contributed by atoms with van der Waals surface area (Å²) in [5, 5.41) is 18.4. The molecule has 0 saturated carbocycles. The van der Waals surface area contributed by atoms with E-state index in [-0.39, 0.29) is 159 Å². The highest BCUT2D eigenvalue weighted by atomic mass is 16.7. The third kappa shape index (κ3) is 44.0. The van der Waals surface area contributed by atoms with Crippen LogP contribution in [0.3, 0.4) is 0 Å². The van der Waals surface area contributed by atoms with Gasteiger partial charge in [-0.05, 0) is 105 Å². The molecular formula is C78H114N14O30. The number of ketones is 8. The quantitative estimate of drug-likeness (QED) is 0.0184. The van der Waals surface area contributed by atoms with E-state index in [4.69, 9.17) is 11.5 Å². The Labute approximate surface area is 703 Å². The summed E-state index contributed by atoms with van der Waals surface area (Å²) in [7, 11) is 0. The molecule has 0 aromatic carbocycles. The number of hydrogen-bond donors (Lipinski definition) is 8. The lowest BCUT2D eigenvalue weighted by molar-refractivity contribution is -0.206. The lowest BCUT2D eigenvalue weighted by Gasteiger charge is -2.16. The van der Waals surface area contributed by atoms with Crippen molar-refractivity contribution < 1.29 is 144 Å². The zero-order chi connectivity index (χ0) is 92.1. The van der Waals surface area contributed by atoms with Crippen molar-refractivity contribution in [2.24, 2.45) is 11.5 Å². The summed E-state index contributed by atoms with van der Waals surface area (Å²) in [4.78, 5) is 314. The van der Waals surface area contributed by atoms with Crippen LogP contribution in [-0.2, 0) is 144 Å². The number of nitrogens with zero attached hydrogens (tertiary/aromatic N) is 6. The maximum absolute atomic E-state index is 11.9. The van der Waals surface area contributed by atoms with Crippen LogP contribution in [0.2, 0.25) is 0 Å². The molecule has 4 fully saturated rings. The van der Waals surface area contributed by atoms with Gasteiger partial charge in [-0.15, -0.1) is 20.3 Å². The molecule has 0 aromatic rings. The number of Topliss-reactive ketones (excluding diaryl/α,β-unsaturated/α-hetero) is 8. The molecule has 122 heavy (non-hydrogen) atoms. The zero-order valence-corrected chi connectivity index (χ0v) is 70.2. The Balaban J connectivity index is 0.000000743. The van der Waals surface area contributed by atoms with Crippen molar-refractivity contribution in [3.63, 3.8) is 0 Å². The van der Waals surface area contributed by atoms with E-state index in [0.29, 0.717) is 105 Å². The third-order valence-electron chi connectivity index (χ3n) is 17.5. The number of imide groups is 6. The van der Waals surface area contributed by atoms with Gasteiger partial charge >= 0.3 is 23.9 Å². The Morgan fingerprint density at radius 2 is 0.549 bits per heavy atom. The molecule has 14 amide bonds. The van der Waals surface area contributed by atoms with Crippen LogP contribution >= 0.6 is 0 Å². The Morgan fingerprint density at radius 1 is 0.320 bits per heavy atom. The first-order valence-electron chi connectivity index (χ1n) is 40.0. The van der Waals surface area contributed by atoms with Crippen molar-refractivity contribution in [2.75, 3.05) is 65.4 Å². The molecule has 0 spiro atoms. The first kappa shape index (κ1) is 108. The highest BCUT2D eigenvalue weighted by molar-refractivity contribution is 6.15. The monoisotopic (exact) mass is 1730 g/mol. The first-order chi connectivity index (χ1) is 57.7. The summed E-state index contributed by atoms with van der Waals surface area (Å²) < 4.78 is 0. The summed E-state index contributed by atoms with van der Waals surface area (Å²) in [6, 6.07) is -1.10. The van der Waals surface area contributed by atoms with Crippen LogP contribution in [0, 0.1) is 0 Å². The molecule has 6 rings (SSSR count). The number of hydrogen-bond acceptors (Lipinski definition) is 36. The molecule has 0 aromatic heterocycles. The second-order valence-corrected chi connectivity index (χ2v) is 27.8. The molecule has 4 atom stereocenters. The average molecular weight is 1730 g/mol. The van der Waals surface area contributed by atoms with E-state index < -0.39 is 132 Å². The molecule has 0 aliphatic carbocycles. The number of nitrogens with one attached hydrogen (secondary N) is 6. The fourth-order valence-corrected chi connectivity index (χ4v) is 10.9. The summed E-state index contributed by atoms with van der Waals surface area (Å²) >= 11 is 0. The number of carbonyl (C=O) groups excluding carboxylic acids is 26. The van der Waals surface area contributed by atoms with Crippen LogP contribution in [0.1, 0.15) is 222 Å². The smallest absolute Gasteiger partial charge is 0.352 e. The molecule has 6 heterocycles. The van der Waals surface area contributed by atoms with Crippen molar-refractivity contribution >= 4 is 153 Å². The maximum Gasteiger partial charge on any atom is 0.352 e. The number of nitrogens with two attached hydrogens (primary N) is 2. The highest BCUT2D eigenvalue weighted by Crippen LogP contribution is 2.18. The predicted molar refractivity (Wildman–Crippen MR) is 420 cm³/mol. The van der Waals surface area contributed by atoms with Gasteiger partial charge in [0, 0.05) is 114 Å². The van der Waals surface area contributed by atoms with Crippen LogP contribution in [0.15, 0.2) is 24.3 Å². The van der Waals surface area contributed by atoms with Crippen molar-refractivity contribution in [1.29, 1.82) is 0 Å². The van der Waals surface area contributed by atoms with Gasteiger partial charge in [0.05, 0.1) is 50.3 Å². The molecule has 6 aliphatic rings. The molecule has 44 nitrogen and oxygen atoms in total. The average Bonchev–Trinajstić information content (AvgIpc) is 1.72. The van der Waals surface area contributed by atoms with Gasteiger partial charge in [0.15, 0.2) is 0 Å². The SMILES string of the molecule is CCC(=O)C(CCCCN)NCC(C)=O.CCC(=O)C(CCCCN)NCC(C)=O.CCC(=O)C(CCCCNC(=O)CC(=O)ON1C(=O)CCC1=O)NCC(C)=O.CCC(=O)C(CCCCNC(=O)CN1C(=O)C=CC1=O)NCC(C)=O.O=C(CC(=O)ON1C(=O)CCC1=O)ON1C(=O)CCC1=O.O=C(CN1C(=O)C=CC1=O)ON1C(=O)CCC1=O. The van der Waals surface area contributed by atoms with Crippen LogP contribution in [0.5, 0.6) is 0 Å². The van der Waals surface area contributed by atoms with Gasteiger partial charge in [-0.1, -0.05) is 40.5 Å². The van der Waals surface area contributed by atoms with E-state index >= 15 is 0 Å². The third-order valence-corrected chi connectivity index (χ3v) is 17.5. The fourth-order valence-electron chi connectivity index (χ4n) is 10.9. The number of unbranched alkanes of at least 4 members (excludes halogenated alkanes) is 4. The van der Waals surface area contributed by atoms with E-state index in [1.54, 1.807) is 13.8 Å². The van der Waals surface area contributed by atoms with Crippen LogP contribution in [-0.4, -0.2) is 273 Å². The number of amides is 14. The fraction of sp³-hybridized carbons (Fsp3) is 0.615. The summed E-state index contributed by atoms with van der Waals surface area (Å²) in [6.45, 7) is 15.1. The maximum atomic E-state index is 11.9. The molecule has 4 saturated heterocycles. The largest absolute Gasteiger partial charge is 0.356 e. The number of hydroxylamine groups is 8. The number of carbonyl (C=O) groups is 26. The van der Waals surface area contributed by atoms with Crippen molar-refractivity contribution in [3.05, 3.63) is 24.3 Å². The molecule has 0 bridgehead atoms. The Hall–Kier alpha value is -11.7. The molecule has 676 valence electrons. The topological polar surface area (TPSA) is 624 Å². The zero-order valence-electron chi connectivity index (χ0n) is 70.2. The van der Waals surface area contributed by atoms with Crippen molar-refractivity contribution in [1.82, 2.24) is 62.0 Å². The van der Waals surface area contributed by atoms with E-state index in [0.717, 1.165) is 67.7 Å². The molecule has 6 aliphatic heterocycles. The van der Waals surface area contributed by atoms with E-state index in [9.17, 15) is 125 Å². The minimum Gasteiger partial charge on any atom is -0.356 e. The molecular weight excluding hydrogens is 1610 g/mol. The van der Waals surface area contributed by atoms with Crippen molar-refractivity contribution in [3.8, 4) is 0 Å². The van der Waals surface area contributed by atoms with Crippen LogP contribution in [0.25, 0.3) is 0 Å². The Morgan fingerprint density at radius 3 is 0.795 bits per heavy atom. The van der Waals surface area contributed by atoms with Gasteiger partial charge in [-0.25, -0.2) is 19.2 Å². The van der Waals surface area contributed by atoms with E-state index in [2.05, 4.69) is 51.3 Å². The normalized spacial score (nSPS) is 15.5. The first-order valence-corrected chi connectivity index (χ1v) is 40.0. The minimum absolute atomic E-state index is 0.0128. The Bertz CT molecular complexity index is 3680. The summed E-state index contributed by atoms with van der Waals surface area (Å²) in [5.74, 6) is -12.4. The lowest BCUT2D eigenvalue weighted by atomic mass is 10.0. The standard InChI is InChI=1S/C18H27N3O7.C17H25N3O5.C11H10N2O8.2C11H22N2O2.C10H8N2O6/c1-3-14(23)13(20-11-12(2)22)6-4-5-9-19-15(24)10-18(27)28-21-16(25)7-8-17(21)26;1-3-14(22)13(19-10-12(2)21)6-4-5-9-18-15(23)11-20-16(24)7-8-17(20)25;14-6-1-2-7(15)12(6)20-10(18)5-11(19)21-13-8(16)3-4-9(13)17;2*1-3-11(15)10(6-4-5-7-12)13-8-9(2)14;13-6-1-2-7(14)11(6)5-10(17)18-12-8(15)3-4-9(12)16/h13,20H,3-11H2,1-2H3,(H,19,24);7-8,13,19H,3-6,9-11H2,1-2H3,(H,18,23);1-5H2;2*10,13H,3-8,12H2,1-2H3;1-2H,3-5H2. The second kappa shape index (κ2) is 59.9. The van der Waals surface area contributed by atoms with E-state index in [1.165, 1.54) is 27.7 Å². The molecule has 0 radical (unpaired) electrons. The second-order valence-electron chi connectivity index (χ2n) is 27.8. The van der Waals surface area contributed by atoms with Gasteiger partial charge < -0.3 is 62.7 Å². The van der Waals surface area contributed by atoms with Gasteiger partial charge in [0.2, 0.25) is 11.8 Å².